The highest BCUT2D eigenvalue weighted by molar-refractivity contribution is 7.89. The molecular weight excluding hydrogens is 336 g/mol. The summed E-state index contributed by atoms with van der Waals surface area (Å²) in [6.45, 7) is 4.55. The van der Waals surface area contributed by atoms with E-state index in [2.05, 4.69) is 28.8 Å². The predicted molar refractivity (Wildman–Crippen MR) is 96.9 cm³/mol. The second-order valence-corrected chi connectivity index (χ2v) is 8.20. The molecule has 1 N–H and O–H groups in total. The number of rotatable bonds is 7. The molecule has 0 atom stereocenters. The lowest BCUT2D eigenvalue weighted by atomic mass is 10.0. The van der Waals surface area contributed by atoms with Crippen molar-refractivity contribution in [2.24, 2.45) is 5.92 Å². The molecule has 0 aliphatic heterocycles. The molecule has 0 amide bonds. The minimum Gasteiger partial charge on any atom is -0.286 e. The number of aromatic nitrogens is 3. The third kappa shape index (κ3) is 4.24. The zero-order valence-electron chi connectivity index (χ0n) is 14.4. The average molecular weight is 358 g/mol. The molecular formula is C18H22N4O2S. The van der Waals surface area contributed by atoms with Crippen molar-refractivity contribution in [1.29, 1.82) is 0 Å². The van der Waals surface area contributed by atoms with Gasteiger partial charge in [0.2, 0.25) is 10.0 Å². The molecule has 2 aromatic heterocycles. The van der Waals surface area contributed by atoms with Crippen molar-refractivity contribution >= 4 is 15.7 Å². The lowest BCUT2D eigenvalue weighted by molar-refractivity contribution is 0.580. The molecule has 0 aliphatic rings. The number of hydrogen-bond acceptors (Lipinski definition) is 4. The first-order valence-corrected chi connectivity index (χ1v) is 9.81. The van der Waals surface area contributed by atoms with Gasteiger partial charge >= 0.3 is 0 Å². The van der Waals surface area contributed by atoms with E-state index < -0.39 is 10.0 Å². The molecule has 25 heavy (non-hydrogen) atoms. The van der Waals surface area contributed by atoms with Crippen molar-refractivity contribution < 1.29 is 8.42 Å². The fraction of sp³-hybridized carbons (Fsp3) is 0.333. The Bertz CT molecular complexity index is 947. The molecule has 0 aliphatic carbocycles. The lowest BCUT2D eigenvalue weighted by Crippen LogP contribution is -2.26. The van der Waals surface area contributed by atoms with Crippen molar-refractivity contribution in [3.05, 3.63) is 60.0 Å². The van der Waals surface area contributed by atoms with E-state index in [0.29, 0.717) is 12.3 Å². The molecule has 132 valence electrons. The molecule has 1 aromatic carbocycles. The second kappa shape index (κ2) is 7.33. The summed E-state index contributed by atoms with van der Waals surface area (Å²) in [6, 6.07) is 12.7. The molecule has 0 radical (unpaired) electrons. The van der Waals surface area contributed by atoms with Crippen LogP contribution in [-0.2, 0) is 22.9 Å². The number of sulfonamides is 1. The molecule has 0 saturated carbocycles. The fourth-order valence-corrected chi connectivity index (χ4v) is 3.75. The Balaban J connectivity index is 1.63. The Morgan fingerprint density at radius 3 is 2.56 bits per heavy atom. The van der Waals surface area contributed by atoms with Gasteiger partial charge in [0.05, 0.1) is 4.90 Å². The van der Waals surface area contributed by atoms with Gasteiger partial charge < -0.3 is 0 Å². The Hall–Kier alpha value is -2.25. The molecule has 0 bridgehead atoms. The molecule has 2 heterocycles. The Morgan fingerprint density at radius 2 is 1.84 bits per heavy atom. The van der Waals surface area contributed by atoms with Crippen molar-refractivity contribution in [3.8, 4) is 0 Å². The van der Waals surface area contributed by atoms with E-state index in [9.17, 15) is 8.42 Å². The maximum absolute atomic E-state index is 12.4. The normalized spacial score (nSPS) is 12.1. The van der Waals surface area contributed by atoms with Crippen LogP contribution in [0.25, 0.3) is 5.65 Å². The Labute approximate surface area is 148 Å². The van der Waals surface area contributed by atoms with E-state index in [0.717, 1.165) is 23.5 Å². The highest BCUT2D eigenvalue weighted by Crippen LogP contribution is 2.13. The summed E-state index contributed by atoms with van der Waals surface area (Å²) in [7, 11) is -3.52. The minimum absolute atomic E-state index is 0.270. The molecule has 3 rings (SSSR count). The number of nitrogens with one attached hydrogen (secondary N) is 1. The molecule has 0 unspecified atom stereocenters. The highest BCUT2D eigenvalue weighted by atomic mass is 32.2. The van der Waals surface area contributed by atoms with Crippen LogP contribution in [0.3, 0.4) is 0 Å². The van der Waals surface area contributed by atoms with Gasteiger partial charge in [-0.25, -0.2) is 13.1 Å². The van der Waals surface area contributed by atoms with E-state index >= 15 is 0 Å². The van der Waals surface area contributed by atoms with Gasteiger partial charge in [0.15, 0.2) is 5.65 Å². The predicted octanol–water partition coefficient (Wildman–Crippen LogP) is 2.45. The Morgan fingerprint density at radius 1 is 1.08 bits per heavy atom. The lowest BCUT2D eigenvalue weighted by Gasteiger charge is -2.08. The van der Waals surface area contributed by atoms with Gasteiger partial charge in [0.25, 0.3) is 0 Å². The van der Waals surface area contributed by atoms with Gasteiger partial charge in [-0.15, -0.1) is 10.2 Å². The maximum Gasteiger partial charge on any atom is 0.240 e. The van der Waals surface area contributed by atoms with Gasteiger partial charge in [-0.1, -0.05) is 32.0 Å². The summed E-state index contributed by atoms with van der Waals surface area (Å²) in [4.78, 5) is 0.283. The van der Waals surface area contributed by atoms with Crippen LogP contribution in [0.15, 0.2) is 53.6 Å². The molecule has 0 fully saturated rings. The van der Waals surface area contributed by atoms with Gasteiger partial charge in [-0.2, -0.15) is 0 Å². The van der Waals surface area contributed by atoms with E-state index in [4.69, 9.17) is 0 Å². The first kappa shape index (κ1) is 17.6. The quantitative estimate of drug-likeness (QED) is 0.704. The summed E-state index contributed by atoms with van der Waals surface area (Å²) in [5.74, 6) is 1.27. The summed E-state index contributed by atoms with van der Waals surface area (Å²) in [5, 5.41) is 8.17. The zero-order valence-corrected chi connectivity index (χ0v) is 15.2. The van der Waals surface area contributed by atoms with Crippen LogP contribution < -0.4 is 4.72 Å². The van der Waals surface area contributed by atoms with E-state index in [1.54, 1.807) is 12.1 Å². The van der Waals surface area contributed by atoms with Gasteiger partial charge in [-0.3, -0.25) is 4.40 Å². The molecule has 3 aromatic rings. The van der Waals surface area contributed by atoms with Gasteiger partial charge in [0, 0.05) is 19.2 Å². The zero-order chi connectivity index (χ0) is 17.9. The largest absolute Gasteiger partial charge is 0.286 e. The third-order valence-corrected chi connectivity index (χ3v) is 5.38. The number of fused-ring (bicyclic) bond motifs is 1. The highest BCUT2D eigenvalue weighted by Gasteiger charge is 2.14. The Kier molecular flexibility index (Phi) is 5.15. The first-order valence-electron chi connectivity index (χ1n) is 8.33. The van der Waals surface area contributed by atoms with Crippen LogP contribution in [0.5, 0.6) is 0 Å². The number of pyridine rings is 1. The summed E-state index contributed by atoms with van der Waals surface area (Å²) >= 11 is 0. The van der Waals surface area contributed by atoms with Crippen LogP contribution in [0, 0.1) is 5.92 Å². The molecule has 7 heteroatoms. The summed E-state index contributed by atoms with van der Waals surface area (Å²) in [6.07, 6.45) is 3.27. The topological polar surface area (TPSA) is 76.4 Å². The van der Waals surface area contributed by atoms with Crippen molar-refractivity contribution in [2.75, 3.05) is 6.54 Å². The van der Waals surface area contributed by atoms with Crippen molar-refractivity contribution in [2.45, 2.75) is 31.6 Å². The summed E-state index contributed by atoms with van der Waals surface area (Å²) < 4.78 is 29.3. The first-order chi connectivity index (χ1) is 12.0. The van der Waals surface area contributed by atoms with Crippen LogP contribution in [-0.4, -0.2) is 29.6 Å². The monoisotopic (exact) mass is 358 g/mol. The van der Waals surface area contributed by atoms with Gasteiger partial charge in [0.1, 0.15) is 5.82 Å². The second-order valence-electron chi connectivity index (χ2n) is 6.43. The SMILES string of the molecule is CC(C)Cc1ccc(S(=O)(=O)NCCc2nnc3ccccn23)cc1. The average Bonchev–Trinajstić information content (AvgIpc) is 2.98. The van der Waals surface area contributed by atoms with Crippen LogP contribution in [0.4, 0.5) is 0 Å². The fourth-order valence-electron chi connectivity index (χ4n) is 2.72. The minimum atomic E-state index is -3.52. The smallest absolute Gasteiger partial charge is 0.240 e. The van der Waals surface area contributed by atoms with E-state index in [1.807, 2.05) is 40.9 Å². The number of benzene rings is 1. The van der Waals surface area contributed by atoms with Crippen LogP contribution >= 0.6 is 0 Å². The number of hydrogen-bond donors (Lipinski definition) is 1. The summed E-state index contributed by atoms with van der Waals surface area (Å²) in [5.41, 5.74) is 1.89. The standard InChI is InChI=1S/C18H22N4O2S/c1-14(2)13-15-6-8-16(9-7-15)25(23,24)19-11-10-18-21-20-17-5-3-4-12-22(17)18/h3-9,12,14,19H,10-11,13H2,1-2H3. The molecule has 0 spiro atoms. The van der Waals surface area contributed by atoms with E-state index in [-0.39, 0.29) is 11.4 Å². The van der Waals surface area contributed by atoms with E-state index in [1.165, 1.54) is 0 Å². The maximum atomic E-state index is 12.4. The van der Waals surface area contributed by atoms with Crippen molar-refractivity contribution in [1.82, 2.24) is 19.3 Å². The molecule has 0 saturated heterocycles. The van der Waals surface area contributed by atoms with Crippen LogP contribution in [0.1, 0.15) is 25.2 Å². The van der Waals surface area contributed by atoms with Gasteiger partial charge in [-0.05, 0) is 42.2 Å². The van der Waals surface area contributed by atoms with Crippen molar-refractivity contribution in [3.63, 3.8) is 0 Å². The molecule has 6 nitrogen and oxygen atoms in total. The third-order valence-electron chi connectivity index (χ3n) is 3.90. The van der Waals surface area contributed by atoms with Crippen LogP contribution in [0.2, 0.25) is 0 Å². The number of nitrogens with zero attached hydrogens (tertiary/aromatic N) is 3.